The molecule has 8 heteroatoms. The van der Waals surface area contributed by atoms with E-state index in [1.165, 1.54) is 24.5 Å². The van der Waals surface area contributed by atoms with Gasteiger partial charge in [-0.1, -0.05) is 0 Å². The van der Waals surface area contributed by atoms with Crippen molar-refractivity contribution >= 4 is 26.7 Å². The second kappa shape index (κ2) is 6.28. The molecule has 0 unspecified atom stereocenters. The highest BCUT2D eigenvalue weighted by Gasteiger charge is 2.48. The number of rotatable bonds is 3. The van der Waals surface area contributed by atoms with Crippen molar-refractivity contribution in [1.82, 2.24) is 9.71 Å². The van der Waals surface area contributed by atoms with Gasteiger partial charge < -0.3 is 4.74 Å². The zero-order valence-corrected chi connectivity index (χ0v) is 14.9. The number of carbonyl (C=O) groups is 1. The highest BCUT2D eigenvalue weighted by Crippen LogP contribution is 2.52. The Balaban J connectivity index is 1.53. The summed E-state index contributed by atoms with van der Waals surface area (Å²) in [5.41, 5.74) is 0.123. The average Bonchev–Trinajstić information content (AvgIpc) is 2.60. The summed E-state index contributed by atoms with van der Waals surface area (Å²) in [6.45, 7) is 1.39. The average molecular weight is 378 g/mol. The van der Waals surface area contributed by atoms with Gasteiger partial charge in [0.15, 0.2) is 0 Å². The first kappa shape index (κ1) is 17.4. The van der Waals surface area contributed by atoms with Crippen LogP contribution in [0, 0.1) is 17.2 Å². The number of hydrogen-bond acceptors (Lipinski definition) is 5. The summed E-state index contributed by atoms with van der Waals surface area (Å²) in [6.07, 6.45) is 5.87. The topological polar surface area (TPSA) is 85.4 Å². The predicted octanol–water partition coefficient (Wildman–Crippen LogP) is 2.39. The van der Waals surface area contributed by atoms with Gasteiger partial charge in [0.1, 0.15) is 5.82 Å². The molecule has 0 radical (unpaired) electrons. The van der Waals surface area contributed by atoms with Gasteiger partial charge in [0.25, 0.3) is 10.0 Å². The Morgan fingerprint density at radius 1 is 1.19 bits per heavy atom. The van der Waals surface area contributed by atoms with Gasteiger partial charge in [-0.25, -0.2) is 17.5 Å². The van der Waals surface area contributed by atoms with Crippen LogP contribution in [-0.2, 0) is 19.6 Å². The summed E-state index contributed by atoms with van der Waals surface area (Å²) < 4.78 is 46.8. The van der Waals surface area contributed by atoms with Crippen LogP contribution in [0.4, 0.5) is 4.39 Å². The smallest absolute Gasteiger partial charge is 0.264 e. The minimum absolute atomic E-state index is 0.104. The van der Waals surface area contributed by atoms with Crippen LogP contribution in [0.25, 0.3) is 10.8 Å². The Hall–Kier alpha value is -2.06. The number of ether oxygens (including phenoxy) is 1. The molecule has 1 aromatic heterocycles. The van der Waals surface area contributed by atoms with Crippen molar-refractivity contribution in [1.29, 1.82) is 0 Å². The van der Waals surface area contributed by atoms with Gasteiger partial charge in [-0.3, -0.25) is 9.78 Å². The van der Waals surface area contributed by atoms with E-state index in [1.54, 1.807) is 0 Å². The van der Waals surface area contributed by atoms with E-state index >= 15 is 0 Å². The number of aromatic nitrogens is 1. The van der Waals surface area contributed by atoms with Crippen LogP contribution in [0.15, 0.2) is 35.5 Å². The van der Waals surface area contributed by atoms with Crippen LogP contribution in [0.3, 0.4) is 0 Å². The summed E-state index contributed by atoms with van der Waals surface area (Å²) in [5.74, 6) is -1.36. The third-order valence-corrected chi connectivity index (χ3v) is 6.94. The van der Waals surface area contributed by atoms with Crippen molar-refractivity contribution in [3.63, 3.8) is 0 Å². The molecule has 4 rings (SSSR count). The predicted molar refractivity (Wildman–Crippen MR) is 92.2 cm³/mol. The van der Waals surface area contributed by atoms with E-state index in [0.717, 1.165) is 18.9 Å². The van der Waals surface area contributed by atoms with E-state index in [9.17, 15) is 17.6 Å². The lowest BCUT2D eigenvalue weighted by molar-refractivity contribution is -0.135. The van der Waals surface area contributed by atoms with E-state index in [0.29, 0.717) is 26.1 Å². The first-order valence-corrected chi connectivity index (χ1v) is 10.1. The quantitative estimate of drug-likeness (QED) is 0.886. The number of sulfonamides is 1. The number of nitrogens with one attached hydrogen (secondary N) is 1. The lowest BCUT2D eigenvalue weighted by Gasteiger charge is -2.49. The molecule has 1 aliphatic heterocycles. The van der Waals surface area contributed by atoms with E-state index in [1.807, 2.05) is 0 Å². The van der Waals surface area contributed by atoms with Gasteiger partial charge in [0.05, 0.1) is 4.90 Å². The molecule has 1 saturated heterocycles. The van der Waals surface area contributed by atoms with Crippen LogP contribution in [0.2, 0.25) is 0 Å². The number of hydrogen-bond donors (Lipinski definition) is 1. The Kier molecular flexibility index (Phi) is 4.19. The zero-order valence-electron chi connectivity index (χ0n) is 14.1. The molecule has 1 N–H and O–H groups in total. The molecule has 2 aromatic rings. The van der Waals surface area contributed by atoms with E-state index < -0.39 is 21.7 Å². The molecular weight excluding hydrogens is 359 g/mol. The van der Waals surface area contributed by atoms with Crippen LogP contribution in [-0.4, -0.2) is 32.5 Å². The molecule has 2 heterocycles. The van der Waals surface area contributed by atoms with Crippen LogP contribution >= 0.6 is 0 Å². The summed E-state index contributed by atoms with van der Waals surface area (Å²) in [4.78, 5) is 16.1. The van der Waals surface area contributed by atoms with Gasteiger partial charge in [-0.05, 0) is 49.3 Å². The Morgan fingerprint density at radius 3 is 2.65 bits per heavy atom. The lowest BCUT2D eigenvalue weighted by atomic mass is 9.58. The number of pyridine rings is 1. The molecular formula is C18H19FN2O4S. The molecule has 1 aliphatic carbocycles. The van der Waals surface area contributed by atoms with Crippen molar-refractivity contribution in [2.75, 3.05) is 13.2 Å². The van der Waals surface area contributed by atoms with Crippen molar-refractivity contribution in [2.24, 2.45) is 11.3 Å². The van der Waals surface area contributed by atoms with Gasteiger partial charge in [-0.15, -0.1) is 0 Å². The SMILES string of the molecule is O=C(NS(=O)(=O)c1ccc(F)c2cnccc12)C1CC2(CCOCC2)C1. The van der Waals surface area contributed by atoms with Gasteiger partial charge >= 0.3 is 0 Å². The standard InChI is InChI=1S/C18H19FN2O4S/c19-15-1-2-16(13-3-6-20-11-14(13)15)26(23,24)21-17(22)12-9-18(10-12)4-7-25-8-5-18/h1-3,6,11-12H,4-5,7-10H2,(H,21,22). The summed E-state index contributed by atoms with van der Waals surface area (Å²) in [6, 6.07) is 3.68. The first-order valence-electron chi connectivity index (χ1n) is 8.57. The number of benzene rings is 1. The molecule has 2 aliphatic rings. The zero-order chi connectivity index (χ0) is 18.4. The fourth-order valence-electron chi connectivity index (χ4n) is 4.02. The Morgan fingerprint density at radius 2 is 1.92 bits per heavy atom. The largest absolute Gasteiger partial charge is 0.381 e. The van der Waals surface area contributed by atoms with Crippen molar-refractivity contribution < 1.29 is 22.3 Å². The molecule has 138 valence electrons. The summed E-state index contributed by atoms with van der Waals surface area (Å²) in [5, 5.41) is 0.308. The number of carbonyl (C=O) groups excluding carboxylic acids is 1. The Labute approximate surface area is 150 Å². The van der Waals surface area contributed by atoms with Crippen LogP contribution < -0.4 is 4.72 Å². The first-order chi connectivity index (χ1) is 12.4. The third-order valence-electron chi connectivity index (χ3n) is 5.53. The minimum atomic E-state index is -4.09. The van der Waals surface area contributed by atoms with Crippen LogP contribution in [0.5, 0.6) is 0 Å². The maximum absolute atomic E-state index is 13.9. The van der Waals surface area contributed by atoms with Crippen LogP contribution in [0.1, 0.15) is 25.7 Å². The minimum Gasteiger partial charge on any atom is -0.381 e. The monoisotopic (exact) mass is 378 g/mol. The summed E-state index contributed by atoms with van der Waals surface area (Å²) in [7, 11) is -4.09. The molecule has 0 bridgehead atoms. The Bertz CT molecular complexity index is 962. The molecule has 1 aromatic carbocycles. The number of fused-ring (bicyclic) bond motifs is 1. The molecule has 1 spiro atoms. The number of nitrogens with zero attached hydrogens (tertiary/aromatic N) is 1. The maximum Gasteiger partial charge on any atom is 0.264 e. The second-order valence-corrected chi connectivity index (χ2v) is 8.80. The third kappa shape index (κ3) is 2.97. The normalized spacial score (nSPS) is 20.0. The van der Waals surface area contributed by atoms with Gasteiger partial charge in [-0.2, -0.15) is 0 Å². The molecule has 6 nitrogen and oxygen atoms in total. The molecule has 0 atom stereocenters. The second-order valence-electron chi connectivity index (χ2n) is 7.15. The highest BCUT2D eigenvalue weighted by molar-refractivity contribution is 7.90. The highest BCUT2D eigenvalue weighted by atomic mass is 32.2. The summed E-state index contributed by atoms with van der Waals surface area (Å²) >= 11 is 0. The molecule has 1 amide bonds. The fourth-order valence-corrected chi connectivity index (χ4v) is 5.27. The van der Waals surface area contributed by atoms with E-state index in [4.69, 9.17) is 4.74 Å². The molecule has 1 saturated carbocycles. The lowest BCUT2D eigenvalue weighted by Crippen LogP contribution is -2.49. The van der Waals surface area contributed by atoms with Gasteiger partial charge in [0.2, 0.25) is 5.91 Å². The molecule has 2 fully saturated rings. The number of amides is 1. The van der Waals surface area contributed by atoms with Gasteiger partial charge in [0, 0.05) is 42.3 Å². The van der Waals surface area contributed by atoms with Crippen molar-refractivity contribution in [2.45, 2.75) is 30.6 Å². The van der Waals surface area contributed by atoms with Crippen molar-refractivity contribution in [3.8, 4) is 0 Å². The van der Waals surface area contributed by atoms with Crippen molar-refractivity contribution in [3.05, 3.63) is 36.4 Å². The van der Waals surface area contributed by atoms with E-state index in [-0.39, 0.29) is 27.0 Å². The fraction of sp³-hybridized carbons (Fsp3) is 0.444. The maximum atomic E-state index is 13.9. The van der Waals surface area contributed by atoms with E-state index in [2.05, 4.69) is 9.71 Å². The molecule has 26 heavy (non-hydrogen) atoms. The number of halogens is 1.